The summed E-state index contributed by atoms with van der Waals surface area (Å²) in [4.78, 5) is 12.7. The number of hydrogen-bond acceptors (Lipinski definition) is 4. The predicted molar refractivity (Wildman–Crippen MR) is 70.8 cm³/mol. The zero-order valence-corrected chi connectivity index (χ0v) is 10.9. The number of carbonyl (C=O) groups is 1. The smallest absolute Gasteiger partial charge is 0.310 e. The summed E-state index contributed by atoms with van der Waals surface area (Å²) in [5, 5.41) is 1.96. The van der Waals surface area contributed by atoms with Crippen LogP contribution in [-0.4, -0.2) is 13.1 Å². The Hall–Kier alpha value is -1.81. The topological polar surface area (TPSA) is 35.5 Å². The first-order valence-corrected chi connectivity index (χ1v) is 6.47. The lowest BCUT2D eigenvalue weighted by Crippen LogP contribution is -2.07. The van der Waals surface area contributed by atoms with Crippen LogP contribution in [-0.2, 0) is 22.6 Å². The minimum Gasteiger partial charge on any atom is -0.497 e. The highest BCUT2D eigenvalue weighted by molar-refractivity contribution is 7.09. The van der Waals surface area contributed by atoms with Crippen molar-refractivity contribution in [2.45, 2.75) is 13.0 Å². The van der Waals surface area contributed by atoms with E-state index in [9.17, 15) is 4.79 Å². The first kappa shape index (κ1) is 12.6. The quantitative estimate of drug-likeness (QED) is 0.777. The Bertz CT molecular complexity index is 488. The highest BCUT2D eigenvalue weighted by Gasteiger charge is 2.05. The van der Waals surface area contributed by atoms with Crippen molar-refractivity contribution >= 4 is 17.3 Å². The predicted octanol–water partition coefficient (Wildman–Crippen LogP) is 3.04. The van der Waals surface area contributed by atoms with Crippen molar-refractivity contribution in [3.05, 3.63) is 52.2 Å². The van der Waals surface area contributed by atoms with Crippen LogP contribution in [0.1, 0.15) is 10.4 Å². The first-order chi connectivity index (χ1) is 8.78. The molecule has 0 radical (unpaired) electrons. The molecule has 0 aliphatic heterocycles. The largest absolute Gasteiger partial charge is 0.497 e. The highest BCUT2D eigenvalue weighted by atomic mass is 32.1. The van der Waals surface area contributed by atoms with Crippen molar-refractivity contribution in [1.29, 1.82) is 0 Å². The van der Waals surface area contributed by atoms with Crippen LogP contribution in [0.3, 0.4) is 0 Å². The summed E-state index contributed by atoms with van der Waals surface area (Å²) in [7, 11) is 1.62. The molecule has 3 nitrogen and oxygen atoms in total. The molecule has 0 amide bonds. The number of benzene rings is 1. The molecule has 1 aromatic heterocycles. The number of esters is 1. The summed E-state index contributed by atoms with van der Waals surface area (Å²) >= 11 is 1.58. The number of ether oxygens (including phenoxy) is 2. The average molecular weight is 262 g/mol. The molecule has 0 saturated carbocycles. The number of rotatable bonds is 5. The van der Waals surface area contributed by atoms with Crippen LogP contribution in [0, 0.1) is 0 Å². The maximum absolute atomic E-state index is 11.6. The minimum absolute atomic E-state index is 0.214. The maximum atomic E-state index is 11.6. The van der Waals surface area contributed by atoms with Gasteiger partial charge in [0.15, 0.2) is 0 Å². The summed E-state index contributed by atoms with van der Waals surface area (Å²) < 4.78 is 10.2. The van der Waals surface area contributed by atoms with Gasteiger partial charge in [-0.15, -0.1) is 11.3 Å². The van der Waals surface area contributed by atoms with Gasteiger partial charge in [0, 0.05) is 4.88 Å². The fourth-order valence-corrected chi connectivity index (χ4v) is 2.12. The molecule has 0 unspecified atom stereocenters. The Balaban J connectivity index is 1.83. The van der Waals surface area contributed by atoms with Crippen molar-refractivity contribution in [3.63, 3.8) is 0 Å². The van der Waals surface area contributed by atoms with E-state index in [1.807, 2.05) is 41.8 Å². The molecule has 1 aromatic carbocycles. The zero-order chi connectivity index (χ0) is 12.8. The second-order valence-electron chi connectivity index (χ2n) is 3.76. The summed E-state index contributed by atoms with van der Waals surface area (Å²) in [6, 6.07) is 11.3. The Kier molecular flexibility index (Phi) is 4.36. The zero-order valence-electron chi connectivity index (χ0n) is 10.1. The van der Waals surface area contributed by atoms with Crippen LogP contribution in [0.15, 0.2) is 41.8 Å². The second-order valence-corrected chi connectivity index (χ2v) is 4.80. The van der Waals surface area contributed by atoms with Crippen LogP contribution >= 0.6 is 11.3 Å². The molecular formula is C14H14O3S. The number of hydrogen-bond donors (Lipinski definition) is 0. The molecule has 2 aromatic rings. The summed E-state index contributed by atoms with van der Waals surface area (Å²) in [5.41, 5.74) is 0.923. The lowest BCUT2D eigenvalue weighted by molar-refractivity contribution is -0.144. The van der Waals surface area contributed by atoms with E-state index in [1.54, 1.807) is 18.4 Å². The minimum atomic E-state index is -0.214. The van der Waals surface area contributed by atoms with Crippen LogP contribution in [0.5, 0.6) is 5.75 Å². The van der Waals surface area contributed by atoms with E-state index < -0.39 is 0 Å². The Labute approximate surface area is 110 Å². The molecule has 94 valence electrons. The van der Waals surface area contributed by atoms with Gasteiger partial charge in [-0.1, -0.05) is 18.2 Å². The third-order valence-corrected chi connectivity index (χ3v) is 3.31. The molecule has 0 N–H and O–H groups in total. The molecule has 1 heterocycles. The SMILES string of the molecule is COc1ccc(CC(=O)OCc2cccs2)cc1. The molecule has 18 heavy (non-hydrogen) atoms. The Morgan fingerprint density at radius 1 is 1.22 bits per heavy atom. The van der Waals surface area contributed by atoms with E-state index in [0.29, 0.717) is 6.61 Å². The second kappa shape index (κ2) is 6.21. The fraction of sp³-hybridized carbons (Fsp3) is 0.214. The van der Waals surface area contributed by atoms with Gasteiger partial charge >= 0.3 is 5.97 Å². The van der Waals surface area contributed by atoms with E-state index in [4.69, 9.17) is 9.47 Å². The monoisotopic (exact) mass is 262 g/mol. The van der Waals surface area contributed by atoms with Crippen LogP contribution < -0.4 is 4.74 Å². The van der Waals surface area contributed by atoms with Crippen LogP contribution in [0.2, 0.25) is 0 Å². The van der Waals surface area contributed by atoms with Crippen molar-refractivity contribution in [2.75, 3.05) is 7.11 Å². The molecule has 0 aliphatic carbocycles. The lowest BCUT2D eigenvalue weighted by Gasteiger charge is -2.04. The third kappa shape index (κ3) is 3.60. The third-order valence-electron chi connectivity index (χ3n) is 2.46. The normalized spacial score (nSPS) is 10.1. The van der Waals surface area contributed by atoms with E-state index in [1.165, 1.54) is 0 Å². The van der Waals surface area contributed by atoms with E-state index in [2.05, 4.69) is 0 Å². The number of methoxy groups -OCH3 is 1. The molecule has 0 spiro atoms. The van der Waals surface area contributed by atoms with Gasteiger partial charge in [-0.2, -0.15) is 0 Å². The van der Waals surface area contributed by atoms with Gasteiger partial charge in [0.25, 0.3) is 0 Å². The van der Waals surface area contributed by atoms with E-state index in [0.717, 1.165) is 16.2 Å². The van der Waals surface area contributed by atoms with Gasteiger partial charge in [-0.05, 0) is 29.1 Å². The average Bonchev–Trinajstić information content (AvgIpc) is 2.90. The lowest BCUT2D eigenvalue weighted by atomic mass is 10.1. The van der Waals surface area contributed by atoms with Crippen molar-refractivity contribution in [2.24, 2.45) is 0 Å². The van der Waals surface area contributed by atoms with Gasteiger partial charge in [0.05, 0.1) is 13.5 Å². The summed E-state index contributed by atoms with van der Waals surface area (Å²) in [5.74, 6) is 0.569. The Morgan fingerprint density at radius 3 is 2.61 bits per heavy atom. The molecular weight excluding hydrogens is 248 g/mol. The maximum Gasteiger partial charge on any atom is 0.310 e. The van der Waals surface area contributed by atoms with E-state index in [-0.39, 0.29) is 12.4 Å². The van der Waals surface area contributed by atoms with Crippen molar-refractivity contribution in [1.82, 2.24) is 0 Å². The van der Waals surface area contributed by atoms with Gasteiger partial charge in [0.2, 0.25) is 0 Å². The van der Waals surface area contributed by atoms with Gasteiger partial charge < -0.3 is 9.47 Å². The van der Waals surface area contributed by atoms with Gasteiger partial charge in [-0.3, -0.25) is 4.79 Å². The molecule has 0 aliphatic rings. The van der Waals surface area contributed by atoms with Crippen molar-refractivity contribution < 1.29 is 14.3 Å². The number of thiophene rings is 1. The highest BCUT2D eigenvalue weighted by Crippen LogP contribution is 2.13. The standard InChI is InChI=1S/C14H14O3S/c1-16-12-6-4-11(5-7-12)9-14(15)17-10-13-3-2-8-18-13/h2-8H,9-10H2,1H3. The fourth-order valence-electron chi connectivity index (χ4n) is 1.51. The summed E-state index contributed by atoms with van der Waals surface area (Å²) in [6.07, 6.45) is 0.287. The molecule has 0 atom stereocenters. The summed E-state index contributed by atoms with van der Waals surface area (Å²) in [6.45, 7) is 0.354. The molecule has 0 saturated heterocycles. The van der Waals surface area contributed by atoms with Crippen LogP contribution in [0.25, 0.3) is 0 Å². The van der Waals surface area contributed by atoms with E-state index >= 15 is 0 Å². The molecule has 2 rings (SSSR count). The van der Waals surface area contributed by atoms with Gasteiger partial charge in [-0.25, -0.2) is 0 Å². The first-order valence-electron chi connectivity index (χ1n) is 5.59. The molecule has 0 bridgehead atoms. The Morgan fingerprint density at radius 2 is 2.00 bits per heavy atom. The molecule has 0 fully saturated rings. The van der Waals surface area contributed by atoms with Crippen LogP contribution in [0.4, 0.5) is 0 Å². The number of carbonyl (C=O) groups excluding carboxylic acids is 1. The molecule has 4 heteroatoms. The van der Waals surface area contributed by atoms with Gasteiger partial charge in [0.1, 0.15) is 12.4 Å². The van der Waals surface area contributed by atoms with Crippen molar-refractivity contribution in [3.8, 4) is 5.75 Å².